The zero-order valence-corrected chi connectivity index (χ0v) is 18.3. The molecular formula is C26H30N2O3. The molecule has 1 amide bonds. The van der Waals surface area contributed by atoms with Gasteiger partial charge in [-0.1, -0.05) is 54.5 Å². The summed E-state index contributed by atoms with van der Waals surface area (Å²) in [5, 5.41) is 4.07. The molecule has 3 aromatic rings. The Morgan fingerprint density at radius 1 is 1.06 bits per heavy atom. The van der Waals surface area contributed by atoms with Crippen LogP contribution < -0.4 is 4.74 Å². The SMILES string of the molecule is CCc1ccc(OCc2c(C(=O)N3CCC(Cc4ccccc4)CC3)noc2C)cc1. The number of hydrogen-bond acceptors (Lipinski definition) is 4. The number of aryl methyl sites for hydroxylation is 2. The lowest BCUT2D eigenvalue weighted by atomic mass is 9.90. The minimum absolute atomic E-state index is 0.0602. The fourth-order valence-electron chi connectivity index (χ4n) is 4.14. The fraction of sp³-hybridized carbons (Fsp3) is 0.385. The van der Waals surface area contributed by atoms with E-state index in [0.717, 1.165) is 50.1 Å². The summed E-state index contributed by atoms with van der Waals surface area (Å²) in [5.41, 5.74) is 3.74. The van der Waals surface area contributed by atoms with Crippen LogP contribution in [0.2, 0.25) is 0 Å². The van der Waals surface area contributed by atoms with Crippen molar-refractivity contribution in [2.24, 2.45) is 5.92 Å². The van der Waals surface area contributed by atoms with Crippen molar-refractivity contribution in [3.05, 3.63) is 82.7 Å². The molecule has 0 bridgehead atoms. The molecular weight excluding hydrogens is 388 g/mol. The summed E-state index contributed by atoms with van der Waals surface area (Å²) >= 11 is 0. The van der Waals surface area contributed by atoms with Gasteiger partial charge in [0.05, 0.1) is 5.56 Å². The Bertz CT molecular complexity index is 987. The molecule has 2 aromatic carbocycles. The number of rotatable bonds is 7. The van der Waals surface area contributed by atoms with Gasteiger partial charge in [-0.25, -0.2) is 0 Å². The predicted molar refractivity (Wildman–Crippen MR) is 120 cm³/mol. The topological polar surface area (TPSA) is 55.6 Å². The van der Waals surface area contributed by atoms with Gasteiger partial charge in [-0.05, 0) is 61.8 Å². The van der Waals surface area contributed by atoms with E-state index in [4.69, 9.17) is 9.26 Å². The number of nitrogens with zero attached hydrogens (tertiary/aromatic N) is 2. The molecule has 1 aliphatic rings. The zero-order valence-electron chi connectivity index (χ0n) is 18.3. The zero-order chi connectivity index (χ0) is 21.6. The number of amides is 1. The predicted octanol–water partition coefficient (Wildman–Crippen LogP) is 5.22. The molecule has 4 rings (SSSR count). The molecule has 0 radical (unpaired) electrons. The van der Waals surface area contributed by atoms with Gasteiger partial charge in [0.15, 0.2) is 5.69 Å². The highest BCUT2D eigenvalue weighted by molar-refractivity contribution is 5.93. The van der Waals surface area contributed by atoms with Crippen molar-refractivity contribution >= 4 is 5.91 Å². The number of ether oxygens (including phenoxy) is 1. The minimum atomic E-state index is -0.0602. The maximum Gasteiger partial charge on any atom is 0.276 e. The fourth-order valence-corrected chi connectivity index (χ4v) is 4.14. The second-order valence-corrected chi connectivity index (χ2v) is 8.28. The molecule has 1 aromatic heterocycles. The average Bonchev–Trinajstić information content (AvgIpc) is 3.19. The molecule has 5 nitrogen and oxygen atoms in total. The lowest BCUT2D eigenvalue weighted by Crippen LogP contribution is -2.39. The van der Waals surface area contributed by atoms with E-state index in [0.29, 0.717) is 17.4 Å². The lowest BCUT2D eigenvalue weighted by molar-refractivity contribution is 0.0677. The number of piperidine rings is 1. The highest BCUT2D eigenvalue weighted by Gasteiger charge is 2.28. The molecule has 1 aliphatic heterocycles. The third kappa shape index (κ3) is 5.16. The van der Waals surface area contributed by atoms with Crippen molar-refractivity contribution in [1.82, 2.24) is 10.1 Å². The van der Waals surface area contributed by atoms with Crippen molar-refractivity contribution < 1.29 is 14.1 Å². The van der Waals surface area contributed by atoms with Crippen LogP contribution in [0.25, 0.3) is 0 Å². The van der Waals surface area contributed by atoms with Gasteiger partial charge in [-0.15, -0.1) is 0 Å². The van der Waals surface area contributed by atoms with Crippen LogP contribution >= 0.6 is 0 Å². The molecule has 0 unspecified atom stereocenters. The molecule has 0 saturated carbocycles. The number of likely N-dealkylation sites (tertiary alicyclic amines) is 1. The van der Waals surface area contributed by atoms with Crippen molar-refractivity contribution in [2.45, 2.75) is 46.1 Å². The molecule has 162 valence electrons. The average molecular weight is 419 g/mol. The summed E-state index contributed by atoms with van der Waals surface area (Å²) in [6, 6.07) is 18.6. The first kappa shape index (κ1) is 21.2. The third-order valence-electron chi connectivity index (χ3n) is 6.17. The number of hydrogen-bond donors (Lipinski definition) is 0. The Labute approximate surface area is 184 Å². The lowest BCUT2D eigenvalue weighted by Gasteiger charge is -2.31. The van der Waals surface area contributed by atoms with E-state index >= 15 is 0 Å². The molecule has 2 heterocycles. The molecule has 0 spiro atoms. The summed E-state index contributed by atoms with van der Waals surface area (Å²) in [6.45, 7) is 5.72. The quantitative estimate of drug-likeness (QED) is 0.528. The molecule has 31 heavy (non-hydrogen) atoms. The smallest absolute Gasteiger partial charge is 0.276 e. The maximum atomic E-state index is 13.1. The van der Waals surface area contributed by atoms with E-state index in [-0.39, 0.29) is 12.5 Å². The first-order valence-electron chi connectivity index (χ1n) is 11.1. The summed E-state index contributed by atoms with van der Waals surface area (Å²) in [5.74, 6) is 1.96. The van der Waals surface area contributed by atoms with Crippen LogP contribution in [0.3, 0.4) is 0 Å². The monoisotopic (exact) mass is 418 g/mol. The minimum Gasteiger partial charge on any atom is -0.489 e. The Balaban J connectivity index is 1.35. The van der Waals surface area contributed by atoms with Crippen LogP contribution in [0.5, 0.6) is 5.75 Å². The highest BCUT2D eigenvalue weighted by Crippen LogP contribution is 2.25. The molecule has 0 N–H and O–H groups in total. The summed E-state index contributed by atoms with van der Waals surface area (Å²) in [6.07, 6.45) is 4.08. The second kappa shape index (κ2) is 9.82. The second-order valence-electron chi connectivity index (χ2n) is 8.28. The number of aromatic nitrogens is 1. The molecule has 5 heteroatoms. The van der Waals surface area contributed by atoms with Crippen LogP contribution in [0, 0.1) is 12.8 Å². The van der Waals surface area contributed by atoms with E-state index in [1.54, 1.807) is 0 Å². The van der Waals surface area contributed by atoms with Crippen LogP contribution in [-0.2, 0) is 19.4 Å². The van der Waals surface area contributed by atoms with Crippen molar-refractivity contribution in [1.29, 1.82) is 0 Å². The first-order valence-corrected chi connectivity index (χ1v) is 11.1. The maximum absolute atomic E-state index is 13.1. The largest absolute Gasteiger partial charge is 0.489 e. The first-order chi connectivity index (χ1) is 15.1. The van der Waals surface area contributed by atoms with Crippen molar-refractivity contribution in [3.8, 4) is 5.75 Å². The highest BCUT2D eigenvalue weighted by atomic mass is 16.5. The van der Waals surface area contributed by atoms with E-state index in [2.05, 4.69) is 48.5 Å². The Morgan fingerprint density at radius 3 is 2.45 bits per heavy atom. The van der Waals surface area contributed by atoms with Crippen LogP contribution in [-0.4, -0.2) is 29.1 Å². The van der Waals surface area contributed by atoms with E-state index < -0.39 is 0 Å². The molecule has 0 atom stereocenters. The van der Waals surface area contributed by atoms with Crippen molar-refractivity contribution in [2.75, 3.05) is 13.1 Å². The standard InChI is InChI=1S/C26H30N2O3/c1-3-20-9-11-23(12-10-20)30-18-24-19(2)31-27-25(24)26(29)28-15-13-22(14-16-28)17-21-7-5-4-6-8-21/h4-12,22H,3,13-18H2,1-2H3. The van der Waals surface area contributed by atoms with E-state index in [9.17, 15) is 4.79 Å². The van der Waals surface area contributed by atoms with Gasteiger partial charge in [0.1, 0.15) is 18.1 Å². The summed E-state index contributed by atoms with van der Waals surface area (Å²) in [4.78, 5) is 15.0. The van der Waals surface area contributed by atoms with Gasteiger partial charge in [0.2, 0.25) is 0 Å². The van der Waals surface area contributed by atoms with Gasteiger partial charge >= 0.3 is 0 Å². The Morgan fingerprint density at radius 2 is 1.77 bits per heavy atom. The summed E-state index contributed by atoms with van der Waals surface area (Å²) < 4.78 is 11.3. The molecule has 1 fully saturated rings. The van der Waals surface area contributed by atoms with Crippen molar-refractivity contribution in [3.63, 3.8) is 0 Å². The van der Waals surface area contributed by atoms with Gasteiger partial charge in [-0.3, -0.25) is 4.79 Å². The van der Waals surface area contributed by atoms with Gasteiger partial charge in [0, 0.05) is 13.1 Å². The van der Waals surface area contributed by atoms with Crippen LogP contribution in [0.1, 0.15) is 52.7 Å². The molecule has 0 aliphatic carbocycles. The van der Waals surface area contributed by atoms with E-state index in [1.165, 1.54) is 11.1 Å². The van der Waals surface area contributed by atoms with Crippen LogP contribution in [0.4, 0.5) is 0 Å². The van der Waals surface area contributed by atoms with Gasteiger partial charge < -0.3 is 14.2 Å². The normalized spacial score (nSPS) is 14.6. The Kier molecular flexibility index (Phi) is 6.70. The molecule has 1 saturated heterocycles. The Hall–Kier alpha value is -3.08. The summed E-state index contributed by atoms with van der Waals surface area (Å²) in [7, 11) is 0. The number of carbonyl (C=O) groups excluding carboxylic acids is 1. The number of carbonyl (C=O) groups is 1. The number of benzene rings is 2. The van der Waals surface area contributed by atoms with Gasteiger partial charge in [0.25, 0.3) is 5.91 Å². The van der Waals surface area contributed by atoms with Crippen LogP contribution in [0.15, 0.2) is 59.1 Å². The van der Waals surface area contributed by atoms with E-state index in [1.807, 2.05) is 30.0 Å². The third-order valence-corrected chi connectivity index (χ3v) is 6.17. The van der Waals surface area contributed by atoms with Gasteiger partial charge in [-0.2, -0.15) is 0 Å².